The lowest BCUT2D eigenvalue weighted by molar-refractivity contribution is 0.677. The van der Waals surface area contributed by atoms with Crippen molar-refractivity contribution < 1.29 is 4.21 Å². The summed E-state index contributed by atoms with van der Waals surface area (Å²) in [5.74, 6) is 0.658. The number of H-pyrrole nitrogens is 1. The fraction of sp³-hybridized carbons (Fsp3) is 0.500. The maximum atomic E-state index is 10.9. The van der Waals surface area contributed by atoms with Crippen LogP contribution in [0.15, 0.2) is 5.16 Å². The van der Waals surface area contributed by atoms with E-state index in [0.717, 1.165) is 0 Å². The van der Waals surface area contributed by atoms with Crippen molar-refractivity contribution in [2.75, 3.05) is 11.5 Å². The largest absolute Gasteiger partial charge is 0.366 e. The van der Waals surface area contributed by atoms with Crippen LogP contribution in [0.4, 0.5) is 5.95 Å². The summed E-state index contributed by atoms with van der Waals surface area (Å²) in [4.78, 5) is 3.69. The van der Waals surface area contributed by atoms with Crippen molar-refractivity contribution in [1.29, 1.82) is 0 Å². The molecule has 1 aromatic heterocycles. The number of anilines is 1. The van der Waals surface area contributed by atoms with Crippen molar-refractivity contribution in [3.8, 4) is 0 Å². The Kier molecular flexibility index (Phi) is 2.00. The first-order chi connectivity index (χ1) is 4.74. The fourth-order valence-electron chi connectivity index (χ4n) is 0.498. The van der Waals surface area contributed by atoms with Gasteiger partial charge in [0, 0.05) is 5.75 Å². The molecular weight excluding hydrogens is 152 g/mol. The van der Waals surface area contributed by atoms with Crippen molar-refractivity contribution in [2.45, 2.75) is 12.1 Å². The van der Waals surface area contributed by atoms with E-state index >= 15 is 0 Å². The molecule has 0 fully saturated rings. The Labute approximate surface area is 60.5 Å². The van der Waals surface area contributed by atoms with Crippen molar-refractivity contribution in [2.24, 2.45) is 0 Å². The van der Waals surface area contributed by atoms with Crippen LogP contribution in [-0.4, -0.2) is 25.1 Å². The topological polar surface area (TPSA) is 84.7 Å². The maximum absolute atomic E-state index is 10.9. The first-order valence-electron chi connectivity index (χ1n) is 2.80. The highest BCUT2D eigenvalue weighted by Crippen LogP contribution is 1.98. The Morgan fingerprint density at radius 3 is 2.90 bits per heavy atom. The summed E-state index contributed by atoms with van der Waals surface area (Å²) >= 11 is 0. The van der Waals surface area contributed by atoms with Crippen LogP contribution in [0.2, 0.25) is 0 Å². The average molecular weight is 160 g/mol. The lowest BCUT2D eigenvalue weighted by Gasteiger charge is -1.87. The molecule has 56 valence electrons. The van der Waals surface area contributed by atoms with Crippen LogP contribution in [0.3, 0.4) is 0 Å². The highest BCUT2D eigenvalue weighted by molar-refractivity contribution is 7.84. The minimum atomic E-state index is -1.08. The molecule has 1 atom stereocenters. The predicted molar refractivity (Wildman–Crippen MR) is 37.7 cm³/mol. The Morgan fingerprint density at radius 1 is 1.80 bits per heavy atom. The van der Waals surface area contributed by atoms with E-state index in [1.165, 1.54) is 0 Å². The minimum Gasteiger partial charge on any atom is -0.366 e. The lowest BCUT2D eigenvalue weighted by atomic mass is 11.0. The zero-order valence-electron chi connectivity index (χ0n) is 5.50. The van der Waals surface area contributed by atoms with E-state index in [2.05, 4.69) is 15.2 Å². The number of aromatic nitrogens is 3. The molecule has 1 heterocycles. The van der Waals surface area contributed by atoms with Gasteiger partial charge in [0.1, 0.15) is 0 Å². The van der Waals surface area contributed by atoms with E-state index in [1.807, 2.05) is 0 Å². The van der Waals surface area contributed by atoms with E-state index in [-0.39, 0.29) is 5.95 Å². The van der Waals surface area contributed by atoms with Gasteiger partial charge in [-0.2, -0.15) is 4.98 Å². The van der Waals surface area contributed by atoms with Crippen LogP contribution in [-0.2, 0) is 10.8 Å². The molecule has 0 aliphatic heterocycles. The second-order valence-corrected chi connectivity index (χ2v) is 3.29. The summed E-state index contributed by atoms with van der Waals surface area (Å²) in [6.07, 6.45) is 0. The molecule has 0 unspecified atom stereocenters. The highest BCUT2D eigenvalue weighted by Gasteiger charge is 2.04. The molecule has 6 heteroatoms. The van der Waals surface area contributed by atoms with Gasteiger partial charge in [-0.1, -0.05) is 6.92 Å². The monoisotopic (exact) mass is 160 g/mol. The second-order valence-electron chi connectivity index (χ2n) is 1.63. The molecule has 0 amide bonds. The molecule has 0 saturated heterocycles. The van der Waals surface area contributed by atoms with E-state index in [9.17, 15) is 4.21 Å². The number of nitrogens with two attached hydrogens (primary N) is 1. The number of nitrogens with one attached hydrogen (secondary N) is 1. The molecule has 0 aliphatic carbocycles. The summed E-state index contributed by atoms with van der Waals surface area (Å²) < 4.78 is 10.9. The van der Waals surface area contributed by atoms with Gasteiger partial charge in [0.25, 0.3) is 0 Å². The van der Waals surface area contributed by atoms with E-state index in [0.29, 0.717) is 10.9 Å². The van der Waals surface area contributed by atoms with Gasteiger partial charge >= 0.3 is 0 Å². The van der Waals surface area contributed by atoms with Gasteiger partial charge in [-0.05, 0) is 0 Å². The standard InChI is InChI=1S/C4H8N4OS/c1-2-10(9)4-6-3(5)7-8-4/h2H2,1H3,(H3,5,6,7,8)/t10-/m1/s1. The normalized spacial score (nSPS) is 13.3. The summed E-state index contributed by atoms with van der Waals surface area (Å²) in [5.41, 5.74) is 5.18. The summed E-state index contributed by atoms with van der Waals surface area (Å²) in [7, 11) is -1.08. The predicted octanol–water partition coefficient (Wildman–Crippen LogP) is -0.486. The van der Waals surface area contributed by atoms with Gasteiger partial charge in [-0.3, -0.25) is 9.31 Å². The maximum Gasteiger partial charge on any atom is 0.240 e. The molecule has 10 heavy (non-hydrogen) atoms. The molecule has 1 aromatic rings. The van der Waals surface area contributed by atoms with Crippen LogP contribution in [0.25, 0.3) is 0 Å². The number of nitrogens with zero attached hydrogens (tertiary/aromatic N) is 2. The summed E-state index contributed by atoms with van der Waals surface area (Å²) in [6.45, 7) is 1.80. The number of nitrogen functional groups attached to an aromatic ring is 1. The van der Waals surface area contributed by atoms with E-state index < -0.39 is 10.8 Å². The van der Waals surface area contributed by atoms with Gasteiger partial charge in [-0.15, -0.1) is 5.10 Å². The Balaban J connectivity index is 2.85. The average Bonchev–Trinajstić information content (AvgIpc) is 2.34. The first kappa shape index (κ1) is 7.20. The van der Waals surface area contributed by atoms with Gasteiger partial charge in [0.05, 0.1) is 10.8 Å². The highest BCUT2D eigenvalue weighted by atomic mass is 32.2. The molecule has 3 N–H and O–H groups in total. The lowest BCUT2D eigenvalue weighted by Crippen LogP contribution is -1.96. The van der Waals surface area contributed by atoms with Gasteiger partial charge < -0.3 is 5.73 Å². The van der Waals surface area contributed by atoms with E-state index in [1.54, 1.807) is 6.92 Å². The van der Waals surface area contributed by atoms with Crippen molar-refractivity contribution in [1.82, 2.24) is 15.2 Å². The third-order valence-corrected chi connectivity index (χ3v) is 2.10. The molecule has 1 rings (SSSR count). The van der Waals surface area contributed by atoms with Crippen molar-refractivity contribution in [3.05, 3.63) is 0 Å². The van der Waals surface area contributed by atoms with Gasteiger partial charge in [0.2, 0.25) is 11.1 Å². The van der Waals surface area contributed by atoms with Crippen LogP contribution in [0.1, 0.15) is 6.92 Å². The number of hydrogen-bond acceptors (Lipinski definition) is 4. The number of hydrogen-bond donors (Lipinski definition) is 2. The summed E-state index contributed by atoms with van der Waals surface area (Å²) in [5, 5.41) is 6.35. The molecule has 0 bridgehead atoms. The SMILES string of the molecule is CC[S@@](=O)c1nc(N)n[nH]1. The second kappa shape index (κ2) is 2.78. The van der Waals surface area contributed by atoms with Crippen LogP contribution in [0.5, 0.6) is 0 Å². The third kappa shape index (κ3) is 1.32. The van der Waals surface area contributed by atoms with Crippen LogP contribution in [0, 0.1) is 0 Å². The van der Waals surface area contributed by atoms with Gasteiger partial charge in [0.15, 0.2) is 0 Å². The molecule has 0 radical (unpaired) electrons. The Hall–Kier alpha value is -0.910. The molecule has 0 aromatic carbocycles. The van der Waals surface area contributed by atoms with Gasteiger partial charge in [-0.25, -0.2) is 0 Å². The minimum absolute atomic E-state index is 0.136. The third-order valence-electron chi connectivity index (χ3n) is 0.960. The number of rotatable bonds is 2. The van der Waals surface area contributed by atoms with Crippen molar-refractivity contribution in [3.63, 3.8) is 0 Å². The molecule has 0 spiro atoms. The van der Waals surface area contributed by atoms with Crippen molar-refractivity contribution >= 4 is 16.7 Å². The fourth-order valence-corrected chi connectivity index (χ4v) is 1.11. The smallest absolute Gasteiger partial charge is 0.240 e. The quantitative estimate of drug-likeness (QED) is 0.611. The molecule has 0 saturated carbocycles. The van der Waals surface area contributed by atoms with E-state index in [4.69, 9.17) is 5.73 Å². The molecule has 5 nitrogen and oxygen atoms in total. The zero-order valence-corrected chi connectivity index (χ0v) is 6.31. The molecular formula is C4H8N4OS. The summed E-state index contributed by atoms with van der Waals surface area (Å²) in [6, 6.07) is 0. The Bertz CT molecular complexity index is 245. The first-order valence-corrected chi connectivity index (χ1v) is 4.12. The van der Waals surface area contributed by atoms with Crippen LogP contribution < -0.4 is 5.73 Å². The Morgan fingerprint density at radius 2 is 2.50 bits per heavy atom. The molecule has 0 aliphatic rings. The van der Waals surface area contributed by atoms with Crippen LogP contribution >= 0.6 is 0 Å². The zero-order chi connectivity index (χ0) is 7.56. The number of aromatic amines is 1.